The van der Waals surface area contributed by atoms with Gasteiger partial charge in [-0.25, -0.2) is 0 Å². The molecule has 0 aliphatic heterocycles. The largest absolute Gasteiger partial charge is 0.481 e. The second-order valence-electron chi connectivity index (χ2n) is 4.17. The molecule has 1 heterocycles. The van der Waals surface area contributed by atoms with Crippen molar-refractivity contribution in [3.8, 4) is 0 Å². The predicted molar refractivity (Wildman–Crippen MR) is 62.5 cm³/mol. The Hall–Kier alpha value is -0.870. The van der Waals surface area contributed by atoms with E-state index in [1.165, 1.54) is 11.3 Å². The maximum Gasteiger partial charge on any atom is 0.314 e. The van der Waals surface area contributed by atoms with Crippen LogP contribution in [0.1, 0.15) is 18.2 Å². The topological polar surface area (TPSA) is 40.5 Å². The lowest BCUT2D eigenvalue weighted by atomic mass is 9.85. The van der Waals surface area contributed by atoms with Crippen LogP contribution < -0.4 is 0 Å². The van der Waals surface area contributed by atoms with Crippen molar-refractivity contribution in [3.05, 3.63) is 22.4 Å². The summed E-state index contributed by atoms with van der Waals surface area (Å²) in [6.07, 6.45) is 0.635. The summed E-state index contributed by atoms with van der Waals surface area (Å²) in [5.74, 6) is -0.744. The van der Waals surface area contributed by atoms with Crippen molar-refractivity contribution in [1.82, 2.24) is 4.90 Å². The molecule has 0 bridgehead atoms. The van der Waals surface area contributed by atoms with Gasteiger partial charge in [-0.3, -0.25) is 4.79 Å². The first kappa shape index (κ1) is 12.2. The molecule has 1 aromatic rings. The Balaban J connectivity index is 2.85. The molecule has 3 nitrogen and oxygen atoms in total. The highest BCUT2D eigenvalue weighted by Crippen LogP contribution is 2.31. The van der Waals surface area contributed by atoms with Crippen LogP contribution in [0.5, 0.6) is 0 Å². The fourth-order valence-electron chi connectivity index (χ4n) is 1.38. The van der Waals surface area contributed by atoms with Crippen LogP contribution in [0.25, 0.3) is 0 Å². The Bertz CT molecular complexity index is 321. The minimum atomic E-state index is -0.752. The summed E-state index contributed by atoms with van der Waals surface area (Å²) in [6.45, 7) is 2.57. The van der Waals surface area contributed by atoms with Gasteiger partial charge >= 0.3 is 5.97 Å². The van der Waals surface area contributed by atoms with Crippen molar-refractivity contribution < 1.29 is 9.90 Å². The quantitative estimate of drug-likeness (QED) is 0.837. The van der Waals surface area contributed by atoms with E-state index in [1.54, 1.807) is 6.92 Å². The Morgan fingerprint density at radius 1 is 1.60 bits per heavy atom. The average molecular weight is 227 g/mol. The molecule has 1 N–H and O–H groups in total. The predicted octanol–water partition coefficient (Wildman–Crippen LogP) is 2.04. The number of aliphatic carboxylic acids is 1. The summed E-state index contributed by atoms with van der Waals surface area (Å²) in [5.41, 5.74) is -0.752. The zero-order chi connectivity index (χ0) is 11.5. The molecular formula is C11H17NO2S. The Morgan fingerprint density at radius 3 is 2.67 bits per heavy atom. The lowest BCUT2D eigenvalue weighted by molar-refractivity contribution is -0.143. The molecule has 1 rings (SSSR count). The second kappa shape index (κ2) is 4.77. The zero-order valence-corrected chi connectivity index (χ0v) is 10.2. The molecule has 0 aromatic carbocycles. The number of carboxylic acids is 1. The molecule has 0 fully saturated rings. The van der Waals surface area contributed by atoms with Crippen LogP contribution in [0.3, 0.4) is 0 Å². The van der Waals surface area contributed by atoms with E-state index in [2.05, 4.69) is 0 Å². The van der Waals surface area contributed by atoms with Gasteiger partial charge in [0, 0.05) is 4.88 Å². The Morgan fingerprint density at radius 2 is 2.27 bits per heavy atom. The van der Waals surface area contributed by atoms with Crippen molar-refractivity contribution in [3.63, 3.8) is 0 Å². The Kier molecular flexibility index (Phi) is 3.88. The van der Waals surface area contributed by atoms with Crippen molar-refractivity contribution in [1.29, 1.82) is 0 Å². The summed E-state index contributed by atoms with van der Waals surface area (Å²) in [4.78, 5) is 14.3. The van der Waals surface area contributed by atoms with E-state index < -0.39 is 11.4 Å². The molecule has 84 valence electrons. The smallest absolute Gasteiger partial charge is 0.314 e. The fraction of sp³-hybridized carbons (Fsp3) is 0.545. The van der Waals surface area contributed by atoms with Crippen molar-refractivity contribution >= 4 is 17.3 Å². The molecule has 1 aromatic heterocycles. The van der Waals surface area contributed by atoms with Crippen LogP contribution in [0, 0.1) is 0 Å². The number of carboxylic acid groups (broad SMARTS) is 1. The average Bonchev–Trinajstić information content (AvgIpc) is 2.66. The molecule has 0 aliphatic rings. The summed E-state index contributed by atoms with van der Waals surface area (Å²) in [6, 6.07) is 3.80. The van der Waals surface area contributed by atoms with Gasteiger partial charge < -0.3 is 10.0 Å². The first-order chi connectivity index (χ1) is 6.97. The molecule has 1 atom stereocenters. The van der Waals surface area contributed by atoms with Crippen LogP contribution >= 0.6 is 11.3 Å². The molecule has 0 aliphatic carbocycles. The zero-order valence-electron chi connectivity index (χ0n) is 9.36. The number of hydrogen-bond donors (Lipinski definition) is 1. The van der Waals surface area contributed by atoms with Crippen LogP contribution in [0.15, 0.2) is 17.5 Å². The highest BCUT2D eigenvalue weighted by atomic mass is 32.1. The van der Waals surface area contributed by atoms with Crippen molar-refractivity contribution in [2.75, 3.05) is 20.6 Å². The standard InChI is InChI=1S/C11H17NO2S/c1-11(10(13)14,6-7-12(2)3)9-5-4-8-15-9/h4-5,8H,6-7H2,1-3H3,(H,13,14). The number of carbonyl (C=O) groups is 1. The molecule has 1 unspecified atom stereocenters. The lowest BCUT2D eigenvalue weighted by Gasteiger charge is -2.25. The van der Waals surface area contributed by atoms with E-state index in [4.69, 9.17) is 0 Å². The normalized spacial score (nSPS) is 15.2. The molecule has 0 radical (unpaired) electrons. The number of hydrogen-bond acceptors (Lipinski definition) is 3. The first-order valence-electron chi connectivity index (χ1n) is 4.89. The maximum absolute atomic E-state index is 11.3. The van der Waals surface area contributed by atoms with Crippen LogP contribution in [0.2, 0.25) is 0 Å². The number of thiophene rings is 1. The summed E-state index contributed by atoms with van der Waals surface area (Å²) in [5, 5.41) is 11.2. The second-order valence-corrected chi connectivity index (χ2v) is 5.12. The van der Waals surface area contributed by atoms with E-state index in [0.717, 1.165) is 11.4 Å². The van der Waals surface area contributed by atoms with Gasteiger partial charge in [-0.1, -0.05) is 6.07 Å². The number of rotatable bonds is 5. The van der Waals surface area contributed by atoms with E-state index in [1.807, 2.05) is 36.5 Å². The summed E-state index contributed by atoms with van der Waals surface area (Å²) >= 11 is 1.51. The van der Waals surface area contributed by atoms with Gasteiger partial charge in [-0.05, 0) is 45.4 Å². The molecular weight excluding hydrogens is 210 g/mol. The van der Waals surface area contributed by atoms with Crippen molar-refractivity contribution in [2.45, 2.75) is 18.8 Å². The van der Waals surface area contributed by atoms with E-state index in [9.17, 15) is 9.90 Å². The molecule has 15 heavy (non-hydrogen) atoms. The van der Waals surface area contributed by atoms with Gasteiger partial charge in [0.05, 0.1) is 0 Å². The van der Waals surface area contributed by atoms with Gasteiger partial charge in [-0.2, -0.15) is 0 Å². The highest BCUT2D eigenvalue weighted by Gasteiger charge is 2.35. The molecule has 4 heteroatoms. The minimum Gasteiger partial charge on any atom is -0.481 e. The Labute approximate surface area is 94.3 Å². The molecule has 0 saturated carbocycles. The maximum atomic E-state index is 11.3. The molecule has 0 saturated heterocycles. The monoisotopic (exact) mass is 227 g/mol. The number of nitrogens with zero attached hydrogens (tertiary/aromatic N) is 1. The SMILES string of the molecule is CN(C)CCC(C)(C(=O)O)c1cccs1. The van der Waals surface area contributed by atoms with Crippen molar-refractivity contribution in [2.24, 2.45) is 0 Å². The van der Waals surface area contributed by atoms with Gasteiger partial charge in [0.25, 0.3) is 0 Å². The lowest BCUT2D eigenvalue weighted by Crippen LogP contribution is -2.34. The van der Waals surface area contributed by atoms with Gasteiger partial charge in [-0.15, -0.1) is 11.3 Å². The molecule has 0 amide bonds. The third kappa shape index (κ3) is 2.79. The van der Waals surface area contributed by atoms with Crippen LogP contribution in [-0.4, -0.2) is 36.6 Å². The summed E-state index contributed by atoms with van der Waals surface area (Å²) in [7, 11) is 3.91. The summed E-state index contributed by atoms with van der Waals surface area (Å²) < 4.78 is 0. The third-order valence-corrected chi connectivity index (χ3v) is 3.73. The first-order valence-corrected chi connectivity index (χ1v) is 5.77. The molecule has 0 spiro atoms. The van der Waals surface area contributed by atoms with Gasteiger partial charge in [0.1, 0.15) is 5.41 Å². The van der Waals surface area contributed by atoms with Gasteiger partial charge in [0.15, 0.2) is 0 Å². The third-order valence-electron chi connectivity index (χ3n) is 2.60. The van der Waals surface area contributed by atoms with Crippen LogP contribution in [0.4, 0.5) is 0 Å². The highest BCUT2D eigenvalue weighted by molar-refractivity contribution is 7.10. The van der Waals surface area contributed by atoms with Gasteiger partial charge in [0.2, 0.25) is 0 Å². The van der Waals surface area contributed by atoms with E-state index in [0.29, 0.717) is 6.42 Å². The van der Waals surface area contributed by atoms with E-state index >= 15 is 0 Å². The minimum absolute atomic E-state index is 0.635. The fourth-order valence-corrected chi connectivity index (χ4v) is 2.29. The van der Waals surface area contributed by atoms with E-state index in [-0.39, 0.29) is 0 Å². The van der Waals surface area contributed by atoms with Crippen LogP contribution in [-0.2, 0) is 10.2 Å².